The van der Waals surface area contributed by atoms with Crippen LogP contribution in [0.15, 0.2) is 47.4 Å². The van der Waals surface area contributed by atoms with Gasteiger partial charge in [-0.25, -0.2) is 0 Å². The van der Waals surface area contributed by atoms with Gasteiger partial charge in [-0.2, -0.15) is 0 Å². The average molecular weight is 263 g/mol. The van der Waals surface area contributed by atoms with E-state index in [0.717, 1.165) is 16.3 Å². The van der Waals surface area contributed by atoms with Crippen molar-refractivity contribution in [3.63, 3.8) is 0 Å². The van der Waals surface area contributed by atoms with Crippen LogP contribution < -0.4 is 10.9 Å². The lowest BCUT2D eigenvalue weighted by molar-refractivity contribution is 0.696. The summed E-state index contributed by atoms with van der Waals surface area (Å²) in [6.45, 7) is 3.25. The molecule has 0 unspecified atom stereocenters. The van der Waals surface area contributed by atoms with Crippen molar-refractivity contribution < 1.29 is 0 Å². The Kier molecular flexibility index (Phi) is 4.05. The molecule has 0 radical (unpaired) electrons. The molecule has 94 valence electrons. The molecule has 1 aromatic carbocycles. The summed E-state index contributed by atoms with van der Waals surface area (Å²) in [7, 11) is 0. The number of aryl methyl sites for hydroxylation is 1. The van der Waals surface area contributed by atoms with Crippen LogP contribution in [0.4, 0.5) is 5.69 Å². The van der Waals surface area contributed by atoms with Gasteiger partial charge in [0.15, 0.2) is 0 Å². The van der Waals surface area contributed by atoms with Crippen molar-refractivity contribution in [1.29, 1.82) is 0 Å². The maximum absolute atomic E-state index is 11.6. The molecule has 1 aromatic heterocycles. The van der Waals surface area contributed by atoms with Crippen molar-refractivity contribution in [2.75, 3.05) is 11.9 Å². The van der Waals surface area contributed by atoms with E-state index in [0.29, 0.717) is 13.1 Å². The minimum atomic E-state index is 0.0351. The Morgan fingerprint density at radius 2 is 1.94 bits per heavy atom. The van der Waals surface area contributed by atoms with E-state index in [4.69, 9.17) is 11.6 Å². The minimum Gasteiger partial charge on any atom is -0.383 e. The maximum Gasteiger partial charge on any atom is 0.250 e. The van der Waals surface area contributed by atoms with E-state index in [9.17, 15) is 4.79 Å². The first-order valence-corrected chi connectivity index (χ1v) is 6.19. The number of anilines is 1. The first-order chi connectivity index (χ1) is 8.65. The van der Waals surface area contributed by atoms with E-state index < -0.39 is 0 Å². The van der Waals surface area contributed by atoms with E-state index >= 15 is 0 Å². The summed E-state index contributed by atoms with van der Waals surface area (Å²) in [6.07, 6.45) is 1.82. The zero-order valence-corrected chi connectivity index (χ0v) is 10.9. The van der Waals surface area contributed by atoms with Crippen LogP contribution in [-0.4, -0.2) is 11.1 Å². The summed E-state index contributed by atoms with van der Waals surface area (Å²) < 4.78 is 1.69. The zero-order chi connectivity index (χ0) is 13.0. The normalized spacial score (nSPS) is 10.3. The summed E-state index contributed by atoms with van der Waals surface area (Å²) in [5, 5.41) is 3.96. The van der Waals surface area contributed by atoms with Crippen molar-refractivity contribution in [2.45, 2.75) is 13.5 Å². The van der Waals surface area contributed by atoms with Crippen LogP contribution in [0.1, 0.15) is 5.56 Å². The Morgan fingerprint density at radius 3 is 2.61 bits per heavy atom. The molecule has 2 rings (SSSR count). The van der Waals surface area contributed by atoms with E-state index in [2.05, 4.69) is 5.32 Å². The second kappa shape index (κ2) is 5.74. The van der Waals surface area contributed by atoms with Gasteiger partial charge in [-0.1, -0.05) is 11.6 Å². The number of hydrogen-bond donors (Lipinski definition) is 1. The molecule has 18 heavy (non-hydrogen) atoms. The van der Waals surface area contributed by atoms with Crippen molar-refractivity contribution in [3.05, 3.63) is 63.5 Å². The molecule has 1 N–H and O–H groups in total. The summed E-state index contributed by atoms with van der Waals surface area (Å²) in [4.78, 5) is 11.6. The molecule has 1 heterocycles. The summed E-state index contributed by atoms with van der Waals surface area (Å²) >= 11 is 5.80. The number of nitrogens with one attached hydrogen (secondary N) is 1. The molecule has 0 saturated heterocycles. The van der Waals surface area contributed by atoms with Gasteiger partial charge in [-0.05, 0) is 42.8 Å². The molecule has 0 aliphatic carbocycles. The largest absolute Gasteiger partial charge is 0.383 e. The van der Waals surface area contributed by atoms with Gasteiger partial charge in [0.05, 0.1) is 0 Å². The van der Waals surface area contributed by atoms with E-state index in [1.165, 1.54) is 0 Å². The third-order valence-corrected chi connectivity index (χ3v) is 2.93. The number of aromatic nitrogens is 1. The highest BCUT2D eigenvalue weighted by atomic mass is 35.5. The fraction of sp³-hybridized carbons (Fsp3) is 0.214. The van der Waals surface area contributed by atoms with Crippen molar-refractivity contribution >= 4 is 17.3 Å². The number of halogens is 1. The van der Waals surface area contributed by atoms with Crippen LogP contribution in [0.25, 0.3) is 0 Å². The van der Waals surface area contributed by atoms with Crippen LogP contribution in [0, 0.1) is 6.92 Å². The fourth-order valence-electron chi connectivity index (χ4n) is 1.68. The van der Waals surface area contributed by atoms with Gasteiger partial charge in [0.1, 0.15) is 0 Å². The molecular weight excluding hydrogens is 248 g/mol. The van der Waals surface area contributed by atoms with Crippen molar-refractivity contribution in [1.82, 2.24) is 4.57 Å². The molecular formula is C14H15ClN2O. The standard InChI is InChI=1S/C14H15ClN2O/c1-11-6-8-17(14(18)10-11)9-7-16-13-4-2-12(15)3-5-13/h2-6,8,10,16H,7,9H2,1H3. The fourth-order valence-corrected chi connectivity index (χ4v) is 1.81. The molecule has 0 saturated carbocycles. The van der Waals surface area contributed by atoms with Crippen LogP contribution in [0.2, 0.25) is 5.02 Å². The van der Waals surface area contributed by atoms with E-state index in [-0.39, 0.29) is 5.56 Å². The Hall–Kier alpha value is -1.74. The molecule has 0 bridgehead atoms. The SMILES string of the molecule is Cc1ccn(CCNc2ccc(Cl)cc2)c(=O)c1. The molecule has 0 amide bonds. The first kappa shape index (κ1) is 12.7. The highest BCUT2D eigenvalue weighted by Gasteiger charge is 1.96. The van der Waals surface area contributed by atoms with Gasteiger partial charge in [0.25, 0.3) is 5.56 Å². The van der Waals surface area contributed by atoms with Crippen LogP contribution in [0.3, 0.4) is 0 Å². The summed E-state index contributed by atoms with van der Waals surface area (Å²) in [5.41, 5.74) is 2.02. The summed E-state index contributed by atoms with van der Waals surface area (Å²) in [6, 6.07) is 11.1. The Balaban J connectivity index is 1.92. The Bertz CT molecular complexity index is 575. The average Bonchev–Trinajstić information content (AvgIpc) is 2.34. The third-order valence-electron chi connectivity index (χ3n) is 2.68. The molecule has 3 nitrogen and oxygen atoms in total. The molecule has 2 aromatic rings. The van der Waals surface area contributed by atoms with Crippen molar-refractivity contribution in [2.24, 2.45) is 0 Å². The van der Waals surface area contributed by atoms with Gasteiger partial charge in [-0.15, -0.1) is 0 Å². The van der Waals surface area contributed by atoms with Gasteiger partial charge in [0, 0.05) is 36.1 Å². The number of hydrogen-bond acceptors (Lipinski definition) is 2. The second-order valence-corrected chi connectivity index (χ2v) is 4.61. The lowest BCUT2D eigenvalue weighted by Crippen LogP contribution is -2.22. The van der Waals surface area contributed by atoms with Gasteiger partial charge < -0.3 is 9.88 Å². The highest BCUT2D eigenvalue weighted by molar-refractivity contribution is 6.30. The quantitative estimate of drug-likeness (QED) is 0.919. The van der Waals surface area contributed by atoms with Gasteiger partial charge in [0.2, 0.25) is 0 Å². The predicted octanol–water partition coefficient (Wildman–Crippen LogP) is 2.92. The number of pyridine rings is 1. The smallest absolute Gasteiger partial charge is 0.250 e. The van der Waals surface area contributed by atoms with Crippen LogP contribution in [-0.2, 0) is 6.54 Å². The summed E-state index contributed by atoms with van der Waals surface area (Å²) in [5.74, 6) is 0. The number of nitrogens with zero attached hydrogens (tertiary/aromatic N) is 1. The molecule has 0 aliphatic heterocycles. The predicted molar refractivity (Wildman–Crippen MR) is 75.4 cm³/mol. The molecule has 0 aliphatic rings. The topological polar surface area (TPSA) is 34.0 Å². The maximum atomic E-state index is 11.6. The molecule has 0 atom stereocenters. The second-order valence-electron chi connectivity index (χ2n) is 4.17. The lowest BCUT2D eigenvalue weighted by Gasteiger charge is -2.08. The van der Waals surface area contributed by atoms with Gasteiger partial charge >= 0.3 is 0 Å². The Morgan fingerprint density at radius 1 is 1.22 bits per heavy atom. The van der Waals surface area contributed by atoms with Crippen LogP contribution in [0.5, 0.6) is 0 Å². The van der Waals surface area contributed by atoms with E-state index in [1.54, 1.807) is 10.6 Å². The third kappa shape index (κ3) is 3.37. The monoisotopic (exact) mass is 262 g/mol. The zero-order valence-electron chi connectivity index (χ0n) is 10.2. The molecule has 0 fully saturated rings. The minimum absolute atomic E-state index is 0.0351. The lowest BCUT2D eigenvalue weighted by atomic mass is 10.3. The highest BCUT2D eigenvalue weighted by Crippen LogP contribution is 2.12. The van der Waals surface area contributed by atoms with Crippen molar-refractivity contribution in [3.8, 4) is 0 Å². The number of rotatable bonds is 4. The Labute approximate surface area is 111 Å². The number of benzene rings is 1. The molecule has 0 spiro atoms. The van der Waals surface area contributed by atoms with E-state index in [1.807, 2.05) is 43.5 Å². The molecule has 4 heteroatoms. The van der Waals surface area contributed by atoms with Crippen LogP contribution >= 0.6 is 11.6 Å². The first-order valence-electron chi connectivity index (χ1n) is 5.82. The van der Waals surface area contributed by atoms with Gasteiger partial charge in [-0.3, -0.25) is 4.79 Å².